The van der Waals surface area contributed by atoms with Crippen molar-refractivity contribution in [1.82, 2.24) is 14.1 Å². The van der Waals surface area contributed by atoms with Gasteiger partial charge in [-0.05, 0) is 42.0 Å². The monoisotopic (exact) mass is 349 g/mol. The lowest BCUT2D eigenvalue weighted by atomic mass is 9.93. The first-order chi connectivity index (χ1) is 11.5. The maximum Gasteiger partial charge on any atom is 0.243 e. The van der Waals surface area contributed by atoms with Crippen molar-refractivity contribution in [2.24, 2.45) is 7.05 Å². The minimum Gasteiger partial charge on any atom is -0.380 e. The molecule has 1 aromatic heterocycles. The van der Waals surface area contributed by atoms with Crippen LogP contribution in [0.1, 0.15) is 29.9 Å². The van der Waals surface area contributed by atoms with E-state index in [9.17, 15) is 8.42 Å². The Morgan fingerprint density at radius 3 is 2.67 bits per heavy atom. The Morgan fingerprint density at radius 2 is 2.04 bits per heavy atom. The summed E-state index contributed by atoms with van der Waals surface area (Å²) in [7, 11) is 0.0542. The van der Waals surface area contributed by atoms with Crippen molar-refractivity contribution < 1.29 is 13.2 Å². The molecule has 0 N–H and O–H groups in total. The van der Waals surface area contributed by atoms with E-state index in [1.165, 1.54) is 5.56 Å². The van der Waals surface area contributed by atoms with Gasteiger partial charge in [-0.25, -0.2) is 8.42 Å². The molecule has 130 valence electrons. The SMILES string of the molecule is COCc1cccc(S(=O)(=O)N2CCC(c3cnn(C)c3)CC2)c1. The predicted octanol–water partition coefficient (Wildman–Crippen LogP) is 2.13. The molecule has 0 bridgehead atoms. The third-order valence-corrected chi connectivity index (χ3v) is 6.39. The van der Waals surface area contributed by atoms with E-state index in [0.717, 1.165) is 18.4 Å². The summed E-state index contributed by atoms with van der Waals surface area (Å²) < 4.78 is 34.2. The van der Waals surface area contributed by atoms with Crippen LogP contribution in [0.3, 0.4) is 0 Å². The second-order valence-electron chi connectivity index (χ2n) is 6.21. The summed E-state index contributed by atoms with van der Waals surface area (Å²) in [6, 6.07) is 6.99. The summed E-state index contributed by atoms with van der Waals surface area (Å²) in [6.45, 7) is 1.49. The largest absolute Gasteiger partial charge is 0.380 e. The molecule has 1 aliphatic rings. The van der Waals surface area contributed by atoms with Gasteiger partial charge in [0.25, 0.3) is 0 Å². The zero-order valence-corrected chi connectivity index (χ0v) is 14.9. The molecule has 0 saturated carbocycles. The molecule has 7 heteroatoms. The molecular weight excluding hydrogens is 326 g/mol. The average Bonchev–Trinajstić information content (AvgIpc) is 3.02. The van der Waals surface area contributed by atoms with Crippen molar-refractivity contribution in [1.29, 1.82) is 0 Å². The Bertz CT molecular complexity index is 793. The van der Waals surface area contributed by atoms with Gasteiger partial charge >= 0.3 is 0 Å². The number of nitrogens with zero attached hydrogens (tertiary/aromatic N) is 3. The van der Waals surface area contributed by atoms with E-state index in [4.69, 9.17) is 4.74 Å². The van der Waals surface area contributed by atoms with Gasteiger partial charge in [-0.3, -0.25) is 4.68 Å². The minimum absolute atomic E-state index is 0.344. The highest BCUT2D eigenvalue weighted by Gasteiger charge is 2.30. The van der Waals surface area contributed by atoms with Crippen molar-refractivity contribution in [2.75, 3.05) is 20.2 Å². The quantitative estimate of drug-likeness (QED) is 0.829. The van der Waals surface area contributed by atoms with E-state index in [1.807, 2.05) is 25.5 Å². The van der Waals surface area contributed by atoms with Gasteiger partial charge in [-0.1, -0.05) is 12.1 Å². The molecule has 0 radical (unpaired) electrons. The van der Waals surface area contributed by atoms with Crippen LogP contribution in [0.4, 0.5) is 0 Å². The molecule has 1 aliphatic heterocycles. The molecule has 3 rings (SSSR count). The first-order valence-electron chi connectivity index (χ1n) is 8.07. The number of sulfonamides is 1. The molecule has 2 heterocycles. The molecular formula is C17H23N3O3S. The number of methoxy groups -OCH3 is 1. The van der Waals surface area contributed by atoms with Crippen LogP contribution in [0.2, 0.25) is 0 Å². The third kappa shape index (κ3) is 3.53. The molecule has 0 atom stereocenters. The zero-order valence-electron chi connectivity index (χ0n) is 14.1. The fourth-order valence-electron chi connectivity index (χ4n) is 3.19. The van der Waals surface area contributed by atoms with Crippen LogP contribution in [0.15, 0.2) is 41.6 Å². The molecule has 6 nitrogen and oxygen atoms in total. The van der Waals surface area contributed by atoms with E-state index in [-0.39, 0.29) is 0 Å². The fourth-order valence-corrected chi connectivity index (χ4v) is 4.73. The van der Waals surface area contributed by atoms with Crippen molar-refractivity contribution in [2.45, 2.75) is 30.3 Å². The molecule has 2 aromatic rings. The van der Waals surface area contributed by atoms with Crippen LogP contribution in [0, 0.1) is 0 Å². The topological polar surface area (TPSA) is 64.4 Å². The maximum atomic E-state index is 12.9. The second-order valence-corrected chi connectivity index (χ2v) is 8.14. The summed E-state index contributed by atoms with van der Waals surface area (Å²) in [5.74, 6) is 0.380. The Morgan fingerprint density at radius 1 is 1.29 bits per heavy atom. The summed E-state index contributed by atoms with van der Waals surface area (Å²) in [5.41, 5.74) is 2.06. The molecule has 0 unspecified atom stereocenters. The van der Waals surface area contributed by atoms with Crippen molar-refractivity contribution in [3.63, 3.8) is 0 Å². The summed E-state index contributed by atoms with van der Waals surface area (Å²) >= 11 is 0. The van der Waals surface area contributed by atoms with Gasteiger partial charge in [-0.15, -0.1) is 0 Å². The average molecular weight is 349 g/mol. The van der Waals surface area contributed by atoms with Gasteiger partial charge in [0.05, 0.1) is 17.7 Å². The van der Waals surface area contributed by atoms with Crippen LogP contribution in [-0.4, -0.2) is 42.7 Å². The Kier molecular flexibility index (Phi) is 5.03. The first-order valence-corrected chi connectivity index (χ1v) is 9.51. The lowest BCUT2D eigenvalue weighted by Gasteiger charge is -2.30. The van der Waals surface area contributed by atoms with Gasteiger partial charge < -0.3 is 4.74 Å². The summed E-state index contributed by atoms with van der Waals surface area (Å²) in [6.07, 6.45) is 5.54. The van der Waals surface area contributed by atoms with E-state index >= 15 is 0 Å². The normalized spacial score (nSPS) is 17.2. The number of hydrogen-bond acceptors (Lipinski definition) is 4. The van der Waals surface area contributed by atoms with Gasteiger partial charge in [-0.2, -0.15) is 9.40 Å². The fraction of sp³-hybridized carbons (Fsp3) is 0.471. The number of rotatable bonds is 5. The predicted molar refractivity (Wildman–Crippen MR) is 91.1 cm³/mol. The van der Waals surface area contributed by atoms with E-state index < -0.39 is 10.0 Å². The standard InChI is InChI=1S/C17H23N3O3S/c1-19-12-16(11-18-19)15-6-8-20(9-7-15)24(21,22)17-5-3-4-14(10-17)13-23-2/h3-5,10-12,15H,6-9,13H2,1-2H3. The van der Waals surface area contributed by atoms with E-state index in [1.54, 1.807) is 34.3 Å². The van der Waals surface area contributed by atoms with Crippen LogP contribution in [0.25, 0.3) is 0 Å². The molecule has 0 spiro atoms. The molecule has 1 fully saturated rings. The highest BCUT2D eigenvalue weighted by molar-refractivity contribution is 7.89. The van der Waals surface area contributed by atoms with Crippen LogP contribution < -0.4 is 0 Å². The van der Waals surface area contributed by atoms with E-state index in [2.05, 4.69) is 5.10 Å². The van der Waals surface area contributed by atoms with Crippen LogP contribution >= 0.6 is 0 Å². The van der Waals surface area contributed by atoms with E-state index in [0.29, 0.717) is 30.5 Å². The van der Waals surface area contributed by atoms with Gasteiger partial charge in [0.1, 0.15) is 0 Å². The number of hydrogen-bond donors (Lipinski definition) is 0. The number of benzene rings is 1. The van der Waals surface area contributed by atoms with Crippen molar-refractivity contribution in [3.05, 3.63) is 47.8 Å². The van der Waals surface area contributed by atoms with Gasteiger partial charge in [0.2, 0.25) is 10.0 Å². The molecule has 0 aliphatic carbocycles. The zero-order chi connectivity index (χ0) is 17.2. The summed E-state index contributed by atoms with van der Waals surface area (Å²) in [5, 5.41) is 4.21. The molecule has 24 heavy (non-hydrogen) atoms. The van der Waals surface area contributed by atoms with Crippen LogP contribution in [0.5, 0.6) is 0 Å². The number of aromatic nitrogens is 2. The van der Waals surface area contributed by atoms with Crippen molar-refractivity contribution in [3.8, 4) is 0 Å². The maximum absolute atomic E-state index is 12.9. The number of aryl methyl sites for hydroxylation is 1. The first kappa shape index (κ1) is 17.1. The lowest BCUT2D eigenvalue weighted by molar-refractivity contribution is 0.184. The molecule has 1 aromatic carbocycles. The Balaban J connectivity index is 1.71. The summed E-state index contributed by atoms with van der Waals surface area (Å²) in [4.78, 5) is 0.344. The highest BCUT2D eigenvalue weighted by atomic mass is 32.2. The smallest absolute Gasteiger partial charge is 0.243 e. The Hall–Kier alpha value is -1.70. The van der Waals surface area contributed by atoms with Crippen LogP contribution in [-0.2, 0) is 28.4 Å². The minimum atomic E-state index is -3.45. The van der Waals surface area contributed by atoms with Gasteiger partial charge in [0, 0.05) is 33.4 Å². The number of piperidine rings is 1. The molecule has 1 saturated heterocycles. The Labute approximate surface area is 143 Å². The highest BCUT2D eigenvalue weighted by Crippen LogP contribution is 2.30. The second kappa shape index (κ2) is 7.04. The molecule has 0 amide bonds. The van der Waals surface area contributed by atoms with Gasteiger partial charge in [0.15, 0.2) is 0 Å². The lowest BCUT2D eigenvalue weighted by Crippen LogP contribution is -2.37. The number of ether oxygens (including phenoxy) is 1. The third-order valence-electron chi connectivity index (χ3n) is 4.50. The van der Waals surface area contributed by atoms with Crippen molar-refractivity contribution >= 4 is 10.0 Å².